The minimum Gasteiger partial charge on any atom is -0.461 e. The minimum absolute atomic E-state index is 0.0386. The van der Waals surface area contributed by atoms with Crippen LogP contribution in [-0.2, 0) is 33.4 Å². The molecule has 37 heavy (non-hydrogen) atoms. The topological polar surface area (TPSA) is 96.0 Å². The van der Waals surface area contributed by atoms with Crippen LogP contribution in [0.2, 0.25) is 0 Å². The molecule has 5 fully saturated rings. The van der Waals surface area contributed by atoms with Crippen LogP contribution in [-0.4, -0.2) is 35.6 Å². The summed E-state index contributed by atoms with van der Waals surface area (Å²) in [4.78, 5) is 52.2. The normalized spacial score (nSPS) is 36.0. The monoisotopic (exact) mass is 518 g/mol. The third kappa shape index (κ3) is 5.47. The van der Waals surface area contributed by atoms with Gasteiger partial charge in [-0.05, 0) is 116 Å². The zero-order chi connectivity index (χ0) is 27.4. The summed E-state index contributed by atoms with van der Waals surface area (Å²) in [6.45, 7) is 12.9. The van der Waals surface area contributed by atoms with E-state index in [4.69, 9.17) is 14.2 Å². The molecule has 1 saturated heterocycles. The van der Waals surface area contributed by atoms with Crippen molar-refractivity contribution in [3.63, 3.8) is 0 Å². The predicted octanol–water partition coefficient (Wildman–Crippen LogP) is 5.77. The summed E-state index contributed by atoms with van der Waals surface area (Å²) in [5.41, 5.74) is -3.99. The van der Waals surface area contributed by atoms with Gasteiger partial charge in [-0.1, -0.05) is 13.8 Å². The van der Waals surface area contributed by atoms with Gasteiger partial charge in [0.05, 0.1) is 22.7 Å². The first-order chi connectivity index (χ1) is 17.1. The molecule has 1 aliphatic heterocycles. The molecule has 7 heteroatoms. The van der Waals surface area contributed by atoms with Crippen LogP contribution in [0.25, 0.3) is 0 Å². The van der Waals surface area contributed by atoms with Gasteiger partial charge in [-0.15, -0.1) is 0 Å². The minimum atomic E-state index is -1.20. The summed E-state index contributed by atoms with van der Waals surface area (Å²) in [7, 11) is 0. The Morgan fingerprint density at radius 1 is 0.892 bits per heavy atom. The lowest BCUT2D eigenvalue weighted by Gasteiger charge is -2.54. The van der Waals surface area contributed by atoms with E-state index in [2.05, 4.69) is 0 Å². The fourth-order valence-corrected chi connectivity index (χ4v) is 7.84. The average Bonchev–Trinajstić information content (AvgIpc) is 3.05. The van der Waals surface area contributed by atoms with Crippen molar-refractivity contribution in [3.8, 4) is 0 Å². The van der Waals surface area contributed by atoms with Gasteiger partial charge in [0, 0.05) is 0 Å². The molecular formula is C30H46O7. The average molecular weight is 519 g/mol. The number of rotatable bonds is 10. The van der Waals surface area contributed by atoms with Crippen LogP contribution in [0.3, 0.4) is 0 Å². The predicted molar refractivity (Wildman–Crippen MR) is 137 cm³/mol. The quantitative estimate of drug-likeness (QED) is 0.206. The Kier molecular flexibility index (Phi) is 7.35. The molecule has 0 aromatic carbocycles. The number of hydrogen-bond acceptors (Lipinski definition) is 7. The summed E-state index contributed by atoms with van der Waals surface area (Å²) in [6, 6.07) is 0. The van der Waals surface area contributed by atoms with Crippen LogP contribution < -0.4 is 0 Å². The van der Waals surface area contributed by atoms with Crippen LogP contribution in [0.15, 0.2) is 0 Å². The molecule has 0 radical (unpaired) electrons. The maximum Gasteiger partial charge on any atom is 0.320 e. The third-order valence-electron chi connectivity index (χ3n) is 10.2. The van der Waals surface area contributed by atoms with Gasteiger partial charge in [-0.25, -0.2) is 0 Å². The van der Waals surface area contributed by atoms with Crippen molar-refractivity contribution in [2.45, 2.75) is 124 Å². The largest absolute Gasteiger partial charge is 0.461 e. The molecule has 4 aliphatic carbocycles. The SMILES string of the molecule is CCC(C)(C)OC(=O)C(C)(CC1(C)CC(=O)OC1=O)CC(C)(CC)C(=O)OC1C2CC3CC(C2)CC1C3. The highest BCUT2D eigenvalue weighted by atomic mass is 16.6. The fourth-order valence-electron chi connectivity index (χ4n) is 7.84. The van der Waals surface area contributed by atoms with E-state index in [1.54, 1.807) is 13.8 Å². The maximum atomic E-state index is 13.8. The molecule has 0 aromatic heterocycles. The molecule has 208 valence electrons. The lowest BCUT2D eigenvalue weighted by atomic mass is 9.55. The maximum absolute atomic E-state index is 13.8. The molecule has 0 N–H and O–H groups in total. The molecule has 7 nitrogen and oxygen atoms in total. The first-order valence-corrected chi connectivity index (χ1v) is 14.3. The molecule has 3 atom stereocenters. The van der Waals surface area contributed by atoms with Gasteiger partial charge in [0.1, 0.15) is 11.7 Å². The standard InChI is InChI=1S/C30H46O7/c1-8-27(3,4)37-26(34)30(7,17-29(6)15-22(31)35-25(29)33)16-28(5,9-2)24(32)36-23-20-11-18-10-19(13-20)14-21(23)12-18/h18-21,23H,8-17H2,1-7H3. The summed E-state index contributed by atoms with van der Waals surface area (Å²) in [5, 5.41) is 0. The van der Waals surface area contributed by atoms with Crippen LogP contribution in [0.1, 0.15) is 113 Å². The van der Waals surface area contributed by atoms with E-state index in [1.807, 2.05) is 34.6 Å². The van der Waals surface area contributed by atoms with Gasteiger partial charge in [-0.2, -0.15) is 0 Å². The van der Waals surface area contributed by atoms with Crippen molar-refractivity contribution in [1.29, 1.82) is 0 Å². The molecule has 0 aromatic rings. The molecule has 5 aliphatic rings. The molecule has 5 rings (SSSR count). The summed E-state index contributed by atoms with van der Waals surface area (Å²) in [5.74, 6) is 0.514. The summed E-state index contributed by atoms with van der Waals surface area (Å²) < 4.78 is 17.1. The van der Waals surface area contributed by atoms with Crippen molar-refractivity contribution in [3.05, 3.63) is 0 Å². The lowest BCUT2D eigenvalue weighted by molar-refractivity contribution is -0.187. The molecule has 3 unspecified atom stereocenters. The van der Waals surface area contributed by atoms with E-state index in [0.717, 1.165) is 37.5 Å². The van der Waals surface area contributed by atoms with E-state index < -0.39 is 39.8 Å². The molecule has 0 amide bonds. The highest BCUT2D eigenvalue weighted by Crippen LogP contribution is 2.55. The zero-order valence-electron chi connectivity index (χ0n) is 23.8. The smallest absolute Gasteiger partial charge is 0.320 e. The second kappa shape index (κ2) is 9.68. The summed E-state index contributed by atoms with van der Waals surface area (Å²) in [6.07, 6.45) is 7.14. The van der Waals surface area contributed by atoms with E-state index in [-0.39, 0.29) is 31.3 Å². The third-order valence-corrected chi connectivity index (χ3v) is 10.2. The van der Waals surface area contributed by atoms with Gasteiger partial charge in [0.2, 0.25) is 0 Å². The number of ether oxygens (including phenoxy) is 3. The van der Waals surface area contributed by atoms with Crippen LogP contribution in [0.5, 0.6) is 0 Å². The van der Waals surface area contributed by atoms with Crippen molar-refractivity contribution >= 4 is 23.9 Å². The number of esters is 4. The lowest BCUT2D eigenvalue weighted by Crippen LogP contribution is -2.52. The van der Waals surface area contributed by atoms with E-state index in [9.17, 15) is 19.2 Å². The van der Waals surface area contributed by atoms with E-state index in [0.29, 0.717) is 24.7 Å². The van der Waals surface area contributed by atoms with Crippen molar-refractivity contribution < 1.29 is 33.4 Å². The Labute approximate surface area is 221 Å². The van der Waals surface area contributed by atoms with Gasteiger partial charge in [0.15, 0.2) is 0 Å². The first-order valence-electron chi connectivity index (χ1n) is 14.3. The summed E-state index contributed by atoms with van der Waals surface area (Å²) >= 11 is 0. The fraction of sp³-hybridized carbons (Fsp3) is 0.867. The van der Waals surface area contributed by atoms with Crippen molar-refractivity contribution in [2.75, 3.05) is 0 Å². The van der Waals surface area contributed by atoms with Crippen LogP contribution in [0, 0.1) is 39.9 Å². The molecule has 0 spiro atoms. The highest BCUT2D eigenvalue weighted by molar-refractivity contribution is 5.97. The Bertz CT molecular complexity index is 926. The first kappa shape index (κ1) is 28.1. The number of carbonyl (C=O) groups is 4. The van der Waals surface area contributed by atoms with Gasteiger partial charge < -0.3 is 14.2 Å². The molecule has 1 heterocycles. The van der Waals surface area contributed by atoms with Crippen LogP contribution in [0.4, 0.5) is 0 Å². The van der Waals surface area contributed by atoms with Gasteiger partial charge in [0.25, 0.3) is 0 Å². The number of carbonyl (C=O) groups excluding carboxylic acids is 4. The number of cyclic esters (lactones) is 2. The van der Waals surface area contributed by atoms with Crippen molar-refractivity contribution in [1.82, 2.24) is 0 Å². The van der Waals surface area contributed by atoms with Crippen molar-refractivity contribution in [2.24, 2.45) is 39.9 Å². The van der Waals surface area contributed by atoms with Crippen LogP contribution >= 0.6 is 0 Å². The Balaban J connectivity index is 1.57. The Morgan fingerprint density at radius 3 is 1.92 bits per heavy atom. The second-order valence-corrected chi connectivity index (χ2v) is 14.1. The molecule has 4 bridgehead atoms. The molecular weight excluding hydrogens is 472 g/mol. The Morgan fingerprint density at radius 2 is 1.46 bits per heavy atom. The highest BCUT2D eigenvalue weighted by Gasteiger charge is 2.56. The van der Waals surface area contributed by atoms with Gasteiger partial charge >= 0.3 is 23.9 Å². The molecule has 4 saturated carbocycles. The van der Waals surface area contributed by atoms with E-state index in [1.165, 1.54) is 6.42 Å². The van der Waals surface area contributed by atoms with E-state index >= 15 is 0 Å². The number of hydrogen-bond donors (Lipinski definition) is 0. The zero-order valence-corrected chi connectivity index (χ0v) is 23.8. The van der Waals surface area contributed by atoms with Gasteiger partial charge in [-0.3, -0.25) is 19.2 Å². The second-order valence-electron chi connectivity index (χ2n) is 14.1. The Hall–Kier alpha value is -1.92.